The maximum atomic E-state index is 12.8. The molecule has 0 aliphatic heterocycles. The van der Waals surface area contributed by atoms with Gasteiger partial charge in [-0.25, -0.2) is 9.78 Å². The highest BCUT2D eigenvalue weighted by Gasteiger charge is 2.23. The number of carbonyl (C=O) groups is 1. The lowest BCUT2D eigenvalue weighted by molar-refractivity contribution is 0.0728. The maximum Gasteiger partial charge on any atom is 0.347 e. The van der Waals surface area contributed by atoms with Crippen molar-refractivity contribution in [2.45, 2.75) is 20.5 Å². The molecule has 0 radical (unpaired) electrons. The smallest absolute Gasteiger partial charge is 0.347 e. The molecule has 0 unspecified atom stereocenters. The molecule has 1 aromatic heterocycles. The van der Waals surface area contributed by atoms with E-state index >= 15 is 0 Å². The van der Waals surface area contributed by atoms with Gasteiger partial charge < -0.3 is 9.47 Å². The maximum absolute atomic E-state index is 12.8. The van der Waals surface area contributed by atoms with E-state index in [1.54, 1.807) is 12.1 Å². The predicted octanol–water partition coefficient (Wildman–Crippen LogP) is 5.26. The quantitative estimate of drug-likeness (QED) is 0.326. The minimum atomic E-state index is -0.469. The van der Waals surface area contributed by atoms with Crippen LogP contribution in [0.5, 0.6) is 11.5 Å². The standard InChI is InChI=1S/C21H18BrNO3/c1-14-18(21(24)26-17-11-7-4-8-12-17)19(15(2)23-20(14)22)25-13-16-9-5-3-6-10-16/h3-12H,13H2,1-2H3. The fourth-order valence-electron chi connectivity index (χ4n) is 2.53. The summed E-state index contributed by atoms with van der Waals surface area (Å²) in [6.07, 6.45) is 0. The number of nitrogens with zero attached hydrogens (tertiary/aromatic N) is 1. The predicted molar refractivity (Wildman–Crippen MR) is 104 cm³/mol. The average Bonchev–Trinajstić information content (AvgIpc) is 2.65. The Hall–Kier alpha value is -2.66. The number of halogens is 1. The molecular formula is C21H18BrNO3. The summed E-state index contributed by atoms with van der Waals surface area (Å²) in [5.74, 6) is 0.454. The van der Waals surface area contributed by atoms with Crippen molar-refractivity contribution in [3.8, 4) is 11.5 Å². The number of aryl methyl sites for hydroxylation is 1. The number of ether oxygens (including phenoxy) is 2. The second-order valence-electron chi connectivity index (χ2n) is 5.79. The van der Waals surface area contributed by atoms with Crippen LogP contribution in [0.3, 0.4) is 0 Å². The molecule has 0 aliphatic carbocycles. The lowest BCUT2D eigenvalue weighted by Crippen LogP contribution is -2.15. The summed E-state index contributed by atoms with van der Waals surface area (Å²) >= 11 is 3.41. The Morgan fingerprint density at radius 1 is 1.00 bits per heavy atom. The van der Waals surface area contributed by atoms with Crippen LogP contribution < -0.4 is 9.47 Å². The zero-order valence-electron chi connectivity index (χ0n) is 14.5. The average molecular weight is 412 g/mol. The number of rotatable bonds is 5. The molecule has 26 heavy (non-hydrogen) atoms. The molecule has 2 aromatic carbocycles. The summed E-state index contributed by atoms with van der Waals surface area (Å²) in [6, 6.07) is 18.7. The van der Waals surface area contributed by atoms with Gasteiger partial charge in [-0.1, -0.05) is 48.5 Å². The van der Waals surface area contributed by atoms with Crippen molar-refractivity contribution in [2.24, 2.45) is 0 Å². The molecular weight excluding hydrogens is 394 g/mol. The van der Waals surface area contributed by atoms with Crippen molar-refractivity contribution in [3.63, 3.8) is 0 Å². The molecule has 0 amide bonds. The van der Waals surface area contributed by atoms with E-state index in [4.69, 9.17) is 9.47 Å². The number of benzene rings is 2. The molecule has 4 nitrogen and oxygen atoms in total. The van der Waals surface area contributed by atoms with Crippen LogP contribution in [0, 0.1) is 13.8 Å². The number of pyridine rings is 1. The van der Waals surface area contributed by atoms with Gasteiger partial charge in [-0.15, -0.1) is 0 Å². The van der Waals surface area contributed by atoms with Crippen LogP contribution in [0.1, 0.15) is 27.2 Å². The minimum absolute atomic E-state index is 0.343. The lowest BCUT2D eigenvalue weighted by Gasteiger charge is -2.16. The molecule has 0 fully saturated rings. The Kier molecular flexibility index (Phi) is 5.68. The first-order valence-electron chi connectivity index (χ1n) is 8.17. The highest BCUT2D eigenvalue weighted by molar-refractivity contribution is 9.10. The second kappa shape index (κ2) is 8.15. The first-order valence-corrected chi connectivity index (χ1v) is 8.96. The van der Waals surface area contributed by atoms with Gasteiger partial charge >= 0.3 is 5.97 Å². The van der Waals surface area contributed by atoms with E-state index in [1.165, 1.54) is 0 Å². The van der Waals surface area contributed by atoms with Crippen molar-refractivity contribution < 1.29 is 14.3 Å². The van der Waals surface area contributed by atoms with Gasteiger partial charge in [0.05, 0.1) is 5.69 Å². The Balaban J connectivity index is 1.93. The molecule has 0 aliphatic rings. The number of hydrogen-bond donors (Lipinski definition) is 0. The summed E-state index contributed by atoms with van der Waals surface area (Å²) < 4.78 is 12.1. The molecule has 1 heterocycles. The zero-order valence-corrected chi connectivity index (χ0v) is 16.1. The first kappa shape index (κ1) is 18.1. The summed E-state index contributed by atoms with van der Waals surface area (Å²) in [4.78, 5) is 17.2. The normalized spacial score (nSPS) is 10.4. The van der Waals surface area contributed by atoms with Crippen LogP contribution in [-0.2, 0) is 6.61 Å². The summed E-state index contributed by atoms with van der Waals surface area (Å²) in [5.41, 5.74) is 2.69. The molecule has 0 saturated carbocycles. The van der Waals surface area contributed by atoms with Crippen LogP contribution in [0.2, 0.25) is 0 Å². The Labute approximate surface area is 160 Å². The molecule has 5 heteroatoms. The van der Waals surface area contributed by atoms with E-state index in [0.29, 0.717) is 39.5 Å². The Morgan fingerprint density at radius 3 is 2.27 bits per heavy atom. The van der Waals surface area contributed by atoms with Crippen LogP contribution >= 0.6 is 15.9 Å². The van der Waals surface area contributed by atoms with Gasteiger partial charge in [-0.3, -0.25) is 0 Å². The Morgan fingerprint density at radius 2 is 1.62 bits per heavy atom. The largest absolute Gasteiger partial charge is 0.486 e. The van der Waals surface area contributed by atoms with Gasteiger partial charge in [0.15, 0.2) is 5.75 Å². The molecule has 0 saturated heterocycles. The van der Waals surface area contributed by atoms with E-state index in [2.05, 4.69) is 20.9 Å². The van der Waals surface area contributed by atoms with E-state index in [9.17, 15) is 4.79 Å². The molecule has 3 rings (SSSR count). The fraction of sp³-hybridized carbons (Fsp3) is 0.143. The van der Waals surface area contributed by atoms with Gasteiger partial charge in [0.1, 0.15) is 22.5 Å². The van der Waals surface area contributed by atoms with Gasteiger partial charge in [0.2, 0.25) is 0 Å². The van der Waals surface area contributed by atoms with Gasteiger partial charge in [-0.05, 0) is 47.5 Å². The third-order valence-corrected chi connectivity index (χ3v) is 4.66. The van der Waals surface area contributed by atoms with Crippen molar-refractivity contribution in [1.82, 2.24) is 4.98 Å². The SMILES string of the molecule is Cc1nc(Br)c(C)c(C(=O)Oc2ccccc2)c1OCc1ccccc1. The number of aromatic nitrogens is 1. The Bertz CT molecular complexity index is 912. The summed E-state index contributed by atoms with van der Waals surface area (Å²) in [5, 5.41) is 0. The van der Waals surface area contributed by atoms with Crippen molar-refractivity contribution in [2.75, 3.05) is 0 Å². The molecule has 0 N–H and O–H groups in total. The van der Waals surface area contributed by atoms with E-state index < -0.39 is 5.97 Å². The van der Waals surface area contributed by atoms with E-state index in [-0.39, 0.29) is 0 Å². The zero-order chi connectivity index (χ0) is 18.5. The first-order chi connectivity index (χ1) is 12.6. The summed E-state index contributed by atoms with van der Waals surface area (Å²) in [7, 11) is 0. The third kappa shape index (κ3) is 4.11. The monoisotopic (exact) mass is 411 g/mol. The summed E-state index contributed by atoms with van der Waals surface area (Å²) in [6.45, 7) is 3.97. The van der Waals surface area contributed by atoms with Gasteiger partial charge in [-0.2, -0.15) is 0 Å². The van der Waals surface area contributed by atoms with Gasteiger partial charge in [0, 0.05) is 5.56 Å². The minimum Gasteiger partial charge on any atom is -0.486 e. The molecule has 132 valence electrons. The highest BCUT2D eigenvalue weighted by atomic mass is 79.9. The van der Waals surface area contributed by atoms with Crippen LogP contribution in [-0.4, -0.2) is 11.0 Å². The molecule has 0 bridgehead atoms. The number of para-hydroxylation sites is 1. The third-order valence-electron chi connectivity index (χ3n) is 3.89. The van der Waals surface area contributed by atoms with Crippen molar-refractivity contribution >= 4 is 21.9 Å². The fourth-order valence-corrected chi connectivity index (χ4v) is 3.00. The van der Waals surface area contributed by atoms with Crippen molar-refractivity contribution in [3.05, 3.63) is 87.7 Å². The van der Waals surface area contributed by atoms with Crippen LogP contribution in [0.4, 0.5) is 0 Å². The molecule has 3 aromatic rings. The number of carbonyl (C=O) groups excluding carboxylic acids is 1. The van der Waals surface area contributed by atoms with E-state index in [1.807, 2.05) is 62.4 Å². The van der Waals surface area contributed by atoms with Crippen molar-refractivity contribution in [1.29, 1.82) is 0 Å². The lowest BCUT2D eigenvalue weighted by atomic mass is 10.1. The number of hydrogen-bond acceptors (Lipinski definition) is 4. The molecule has 0 spiro atoms. The topological polar surface area (TPSA) is 48.4 Å². The van der Waals surface area contributed by atoms with Crippen LogP contribution in [0.15, 0.2) is 65.3 Å². The van der Waals surface area contributed by atoms with Gasteiger partial charge in [0.25, 0.3) is 0 Å². The number of esters is 1. The second-order valence-corrected chi connectivity index (χ2v) is 6.55. The molecule has 0 atom stereocenters. The highest BCUT2D eigenvalue weighted by Crippen LogP contribution is 2.31. The van der Waals surface area contributed by atoms with Crippen LogP contribution in [0.25, 0.3) is 0 Å². The van der Waals surface area contributed by atoms with E-state index in [0.717, 1.165) is 5.56 Å².